The first-order valence-electron chi connectivity index (χ1n) is 11.4. The highest BCUT2D eigenvalue weighted by molar-refractivity contribution is 5.71. The van der Waals surface area contributed by atoms with E-state index in [4.69, 9.17) is 4.74 Å². The van der Waals surface area contributed by atoms with Gasteiger partial charge in [-0.05, 0) is 61.4 Å². The first kappa shape index (κ1) is 24.0. The SMILES string of the molecule is C/C=C/CCC1CCC(c2ccc(-c3ccc(-c4ccc(O)c(F)c4F)cc3)c(F)c2F)CO1. The van der Waals surface area contributed by atoms with E-state index in [0.717, 1.165) is 31.7 Å². The predicted molar refractivity (Wildman–Crippen MR) is 125 cm³/mol. The summed E-state index contributed by atoms with van der Waals surface area (Å²) in [6.07, 6.45) is 7.64. The van der Waals surface area contributed by atoms with Crippen LogP contribution in [-0.4, -0.2) is 17.8 Å². The number of allylic oxidation sites excluding steroid dienone is 2. The van der Waals surface area contributed by atoms with Crippen molar-refractivity contribution >= 4 is 0 Å². The molecule has 0 radical (unpaired) electrons. The van der Waals surface area contributed by atoms with E-state index in [1.165, 1.54) is 30.3 Å². The van der Waals surface area contributed by atoms with Crippen LogP contribution in [0.25, 0.3) is 22.3 Å². The van der Waals surface area contributed by atoms with Crippen LogP contribution in [-0.2, 0) is 4.74 Å². The third-order valence-electron chi connectivity index (χ3n) is 6.38. The maximum Gasteiger partial charge on any atom is 0.200 e. The molecule has 0 aliphatic carbocycles. The first-order valence-corrected chi connectivity index (χ1v) is 11.4. The van der Waals surface area contributed by atoms with E-state index in [2.05, 4.69) is 6.08 Å². The smallest absolute Gasteiger partial charge is 0.200 e. The van der Waals surface area contributed by atoms with Crippen LogP contribution in [0.4, 0.5) is 17.6 Å². The van der Waals surface area contributed by atoms with Crippen molar-refractivity contribution in [1.82, 2.24) is 0 Å². The Kier molecular flexibility index (Phi) is 7.37. The number of phenolic OH excluding ortho intramolecular Hbond substituents is 1. The molecular weight excluding hydrogens is 444 g/mol. The molecule has 1 N–H and O–H groups in total. The lowest BCUT2D eigenvalue weighted by Crippen LogP contribution is -2.25. The van der Waals surface area contributed by atoms with Gasteiger partial charge in [0.2, 0.25) is 5.82 Å². The molecule has 1 aliphatic rings. The van der Waals surface area contributed by atoms with Gasteiger partial charge in [0, 0.05) is 17.0 Å². The molecule has 1 fully saturated rings. The summed E-state index contributed by atoms with van der Waals surface area (Å²) >= 11 is 0. The van der Waals surface area contributed by atoms with Gasteiger partial charge < -0.3 is 9.84 Å². The molecule has 6 heteroatoms. The van der Waals surface area contributed by atoms with E-state index in [1.807, 2.05) is 13.0 Å². The van der Waals surface area contributed by atoms with E-state index in [1.54, 1.807) is 12.1 Å². The molecule has 34 heavy (non-hydrogen) atoms. The van der Waals surface area contributed by atoms with Gasteiger partial charge >= 0.3 is 0 Å². The molecule has 2 atom stereocenters. The maximum absolute atomic E-state index is 15.0. The van der Waals surface area contributed by atoms with Crippen molar-refractivity contribution in [3.8, 4) is 28.0 Å². The number of phenols is 1. The highest BCUT2D eigenvalue weighted by atomic mass is 19.2. The van der Waals surface area contributed by atoms with E-state index < -0.39 is 29.0 Å². The van der Waals surface area contributed by atoms with Crippen molar-refractivity contribution in [3.05, 3.63) is 89.5 Å². The van der Waals surface area contributed by atoms with Gasteiger partial charge in [0.25, 0.3) is 0 Å². The third-order valence-corrected chi connectivity index (χ3v) is 6.38. The Morgan fingerprint density at radius 3 is 2.03 bits per heavy atom. The van der Waals surface area contributed by atoms with Crippen LogP contribution in [0.2, 0.25) is 0 Å². The molecule has 0 bridgehead atoms. The minimum absolute atomic E-state index is 0.0369. The fraction of sp³-hybridized carbons (Fsp3) is 0.286. The number of hydrogen-bond donors (Lipinski definition) is 1. The molecule has 1 heterocycles. The summed E-state index contributed by atoms with van der Waals surface area (Å²) in [4.78, 5) is 0. The zero-order valence-electron chi connectivity index (χ0n) is 18.8. The average Bonchev–Trinajstić information content (AvgIpc) is 2.85. The van der Waals surface area contributed by atoms with Crippen molar-refractivity contribution in [3.63, 3.8) is 0 Å². The number of benzene rings is 3. The first-order chi connectivity index (χ1) is 16.4. The second kappa shape index (κ2) is 10.4. The van der Waals surface area contributed by atoms with Gasteiger partial charge in [0.05, 0.1) is 12.7 Å². The quantitative estimate of drug-likeness (QED) is 0.293. The van der Waals surface area contributed by atoms with E-state index >= 15 is 8.78 Å². The van der Waals surface area contributed by atoms with Crippen LogP contribution < -0.4 is 0 Å². The number of hydrogen-bond acceptors (Lipinski definition) is 2. The van der Waals surface area contributed by atoms with E-state index in [-0.39, 0.29) is 23.1 Å². The summed E-state index contributed by atoms with van der Waals surface area (Å²) in [5.74, 6) is -5.30. The van der Waals surface area contributed by atoms with Crippen molar-refractivity contribution in [2.24, 2.45) is 0 Å². The topological polar surface area (TPSA) is 29.5 Å². The lowest BCUT2D eigenvalue weighted by Gasteiger charge is -2.29. The molecule has 3 aromatic carbocycles. The van der Waals surface area contributed by atoms with Crippen LogP contribution in [0.5, 0.6) is 5.75 Å². The number of aromatic hydroxyl groups is 1. The summed E-state index contributed by atoms with van der Waals surface area (Å²) < 4.78 is 63.7. The summed E-state index contributed by atoms with van der Waals surface area (Å²) in [6, 6.07) is 11.5. The molecule has 0 aromatic heterocycles. The Balaban J connectivity index is 1.51. The summed E-state index contributed by atoms with van der Waals surface area (Å²) in [7, 11) is 0. The Morgan fingerprint density at radius 2 is 1.44 bits per heavy atom. The monoisotopic (exact) mass is 470 g/mol. The summed E-state index contributed by atoms with van der Waals surface area (Å²) in [5, 5.41) is 9.29. The standard InChI is InChI=1S/C28H26F4O2/c1-2-3-4-5-20-11-10-19(16-34-20)23-13-12-21(25(29)26(23)30)17-6-8-18(9-7-17)22-14-15-24(33)28(32)27(22)31/h2-3,6-9,12-15,19-20,33H,4-5,10-11,16H2,1H3/b3-2+. The largest absolute Gasteiger partial charge is 0.505 e. The van der Waals surface area contributed by atoms with Gasteiger partial charge in [-0.15, -0.1) is 0 Å². The lowest BCUT2D eigenvalue weighted by atomic mass is 9.88. The van der Waals surface area contributed by atoms with Crippen LogP contribution >= 0.6 is 0 Å². The minimum atomic E-state index is -1.33. The fourth-order valence-electron chi connectivity index (χ4n) is 4.42. The molecule has 1 saturated heterocycles. The Morgan fingerprint density at radius 1 is 0.824 bits per heavy atom. The second-order valence-electron chi connectivity index (χ2n) is 8.54. The fourth-order valence-corrected chi connectivity index (χ4v) is 4.42. The summed E-state index contributed by atoms with van der Waals surface area (Å²) in [5.41, 5.74) is 1.12. The van der Waals surface area contributed by atoms with Crippen molar-refractivity contribution in [2.45, 2.75) is 44.6 Å². The Bertz CT molecular complexity index is 1180. The van der Waals surface area contributed by atoms with E-state index in [9.17, 15) is 13.9 Å². The molecule has 3 aromatic rings. The van der Waals surface area contributed by atoms with Gasteiger partial charge in [0.15, 0.2) is 23.2 Å². The molecule has 0 amide bonds. The molecule has 4 rings (SSSR count). The second-order valence-corrected chi connectivity index (χ2v) is 8.54. The molecule has 2 nitrogen and oxygen atoms in total. The molecule has 1 aliphatic heterocycles. The van der Waals surface area contributed by atoms with Gasteiger partial charge in [-0.3, -0.25) is 0 Å². The van der Waals surface area contributed by atoms with Gasteiger partial charge in [-0.1, -0.05) is 48.6 Å². The average molecular weight is 471 g/mol. The lowest BCUT2D eigenvalue weighted by molar-refractivity contribution is -0.000894. The predicted octanol–water partition coefficient (Wildman–Crippen LogP) is 7.90. The number of ether oxygens (including phenoxy) is 1. The number of halogens is 4. The van der Waals surface area contributed by atoms with Crippen LogP contribution in [0.3, 0.4) is 0 Å². The molecule has 0 spiro atoms. The zero-order chi connectivity index (χ0) is 24.2. The molecule has 178 valence electrons. The Hall–Kier alpha value is -3.12. The van der Waals surface area contributed by atoms with Crippen molar-refractivity contribution in [1.29, 1.82) is 0 Å². The van der Waals surface area contributed by atoms with Crippen LogP contribution in [0.1, 0.15) is 44.1 Å². The summed E-state index contributed by atoms with van der Waals surface area (Å²) in [6.45, 7) is 2.34. The van der Waals surface area contributed by atoms with Crippen LogP contribution in [0.15, 0.2) is 60.7 Å². The van der Waals surface area contributed by atoms with Gasteiger partial charge in [-0.25, -0.2) is 13.2 Å². The van der Waals surface area contributed by atoms with Crippen LogP contribution in [0, 0.1) is 23.3 Å². The highest BCUT2D eigenvalue weighted by Gasteiger charge is 2.27. The van der Waals surface area contributed by atoms with Crippen molar-refractivity contribution < 1.29 is 27.4 Å². The third kappa shape index (κ3) is 4.87. The van der Waals surface area contributed by atoms with Crippen molar-refractivity contribution in [2.75, 3.05) is 6.61 Å². The van der Waals surface area contributed by atoms with E-state index in [0.29, 0.717) is 23.3 Å². The molecule has 0 saturated carbocycles. The Labute approximate surface area is 196 Å². The maximum atomic E-state index is 15.0. The van der Waals surface area contributed by atoms with Gasteiger partial charge in [0.1, 0.15) is 0 Å². The highest BCUT2D eigenvalue weighted by Crippen LogP contribution is 2.36. The molecular formula is C28H26F4O2. The molecule has 2 unspecified atom stereocenters. The zero-order valence-corrected chi connectivity index (χ0v) is 18.8. The minimum Gasteiger partial charge on any atom is -0.505 e. The number of rotatable bonds is 6. The van der Waals surface area contributed by atoms with Gasteiger partial charge in [-0.2, -0.15) is 4.39 Å². The normalized spacial score (nSPS) is 18.5.